The van der Waals surface area contributed by atoms with Gasteiger partial charge in [-0.05, 0) is 30.3 Å². The molecule has 1 aromatic carbocycles. The van der Waals surface area contributed by atoms with Crippen molar-refractivity contribution in [3.05, 3.63) is 46.9 Å². The molecule has 1 heterocycles. The Labute approximate surface area is 113 Å². The van der Waals surface area contributed by atoms with Crippen LogP contribution >= 0.6 is 11.6 Å². The molecule has 0 radical (unpaired) electrons. The van der Waals surface area contributed by atoms with Crippen LogP contribution in [-0.2, 0) is 0 Å². The highest BCUT2D eigenvalue weighted by Gasteiger charge is 2.06. The first kappa shape index (κ1) is 13.2. The molecule has 0 aliphatic rings. The van der Waals surface area contributed by atoms with Gasteiger partial charge in [0.15, 0.2) is 11.5 Å². The number of hydrogen-bond donors (Lipinski definition) is 2. The Morgan fingerprint density at radius 2 is 2.05 bits per heavy atom. The van der Waals surface area contributed by atoms with Crippen molar-refractivity contribution in [2.45, 2.75) is 0 Å². The lowest BCUT2D eigenvalue weighted by Crippen LogP contribution is -2.19. The first-order chi connectivity index (χ1) is 9.10. The summed E-state index contributed by atoms with van der Waals surface area (Å²) < 4.78 is 13.0. The van der Waals surface area contributed by atoms with Gasteiger partial charge in [-0.2, -0.15) is 0 Å². The van der Waals surface area contributed by atoms with Gasteiger partial charge in [-0.1, -0.05) is 11.6 Å². The number of nitrogens with one attached hydrogen (secondary N) is 2. The van der Waals surface area contributed by atoms with Gasteiger partial charge in [0.1, 0.15) is 5.82 Å². The van der Waals surface area contributed by atoms with Gasteiger partial charge in [-0.15, -0.1) is 10.2 Å². The highest BCUT2D eigenvalue weighted by molar-refractivity contribution is 6.31. The lowest BCUT2D eigenvalue weighted by atomic mass is 10.3. The number of amides is 1. The lowest BCUT2D eigenvalue weighted by molar-refractivity contribution is 0.0957. The van der Waals surface area contributed by atoms with Gasteiger partial charge < -0.3 is 10.6 Å². The summed E-state index contributed by atoms with van der Waals surface area (Å²) in [5.41, 5.74) is 0.790. The van der Waals surface area contributed by atoms with Crippen LogP contribution in [-0.4, -0.2) is 23.2 Å². The average molecular weight is 281 g/mol. The number of anilines is 2. The summed E-state index contributed by atoms with van der Waals surface area (Å²) in [6, 6.07) is 7.33. The Morgan fingerprint density at radius 3 is 2.63 bits per heavy atom. The first-order valence-corrected chi connectivity index (χ1v) is 5.76. The predicted octanol–water partition coefficient (Wildman–Crippen LogP) is 2.37. The van der Waals surface area contributed by atoms with Crippen molar-refractivity contribution in [3.8, 4) is 0 Å². The van der Waals surface area contributed by atoms with Crippen molar-refractivity contribution in [1.29, 1.82) is 0 Å². The maximum Gasteiger partial charge on any atom is 0.271 e. The standard InChI is InChI=1S/C12H10ClFN4O/c1-15-12(19)10-4-5-11(18-17-10)16-7-2-3-9(14)8(13)6-7/h2-6H,1H3,(H,15,19)(H,16,18). The maximum absolute atomic E-state index is 13.0. The van der Waals surface area contributed by atoms with Crippen LogP contribution in [0.2, 0.25) is 5.02 Å². The van der Waals surface area contributed by atoms with Crippen molar-refractivity contribution in [1.82, 2.24) is 15.5 Å². The van der Waals surface area contributed by atoms with Gasteiger partial charge >= 0.3 is 0 Å². The molecule has 19 heavy (non-hydrogen) atoms. The third-order valence-electron chi connectivity index (χ3n) is 2.32. The number of aromatic nitrogens is 2. The Hall–Kier alpha value is -2.21. The zero-order chi connectivity index (χ0) is 13.8. The summed E-state index contributed by atoms with van der Waals surface area (Å²) in [5.74, 6) is -0.382. The van der Waals surface area contributed by atoms with Gasteiger partial charge in [0, 0.05) is 12.7 Å². The minimum Gasteiger partial charge on any atom is -0.354 e. The van der Waals surface area contributed by atoms with E-state index < -0.39 is 5.82 Å². The molecular formula is C12H10ClFN4O. The van der Waals surface area contributed by atoms with Crippen LogP contribution in [0, 0.1) is 5.82 Å². The molecule has 1 aromatic heterocycles. The van der Waals surface area contributed by atoms with E-state index in [4.69, 9.17) is 11.6 Å². The molecule has 0 fully saturated rings. The quantitative estimate of drug-likeness (QED) is 0.906. The minimum atomic E-state index is -0.492. The number of carbonyl (C=O) groups is 1. The van der Waals surface area contributed by atoms with Crippen LogP contribution in [0.3, 0.4) is 0 Å². The molecule has 2 rings (SSSR count). The summed E-state index contributed by atoms with van der Waals surface area (Å²) in [7, 11) is 1.51. The van der Waals surface area contributed by atoms with Crippen LogP contribution in [0.1, 0.15) is 10.5 Å². The second-order valence-corrected chi connectivity index (χ2v) is 4.04. The fourth-order valence-corrected chi connectivity index (χ4v) is 1.55. The SMILES string of the molecule is CNC(=O)c1ccc(Nc2ccc(F)c(Cl)c2)nn1. The van der Waals surface area contributed by atoms with E-state index in [-0.39, 0.29) is 16.6 Å². The monoisotopic (exact) mass is 280 g/mol. The Kier molecular flexibility index (Phi) is 3.91. The van der Waals surface area contributed by atoms with Gasteiger partial charge in [0.05, 0.1) is 5.02 Å². The van der Waals surface area contributed by atoms with Crippen LogP contribution < -0.4 is 10.6 Å². The fraction of sp³-hybridized carbons (Fsp3) is 0.0833. The number of benzene rings is 1. The van der Waals surface area contributed by atoms with Crippen molar-refractivity contribution in [3.63, 3.8) is 0 Å². The summed E-state index contributed by atoms with van der Waals surface area (Å²) >= 11 is 5.66. The van der Waals surface area contributed by atoms with Gasteiger partial charge in [-0.25, -0.2) is 4.39 Å². The van der Waals surface area contributed by atoms with E-state index in [1.54, 1.807) is 6.07 Å². The van der Waals surface area contributed by atoms with E-state index >= 15 is 0 Å². The smallest absolute Gasteiger partial charge is 0.271 e. The van der Waals surface area contributed by atoms with E-state index in [2.05, 4.69) is 20.8 Å². The minimum absolute atomic E-state index is 0.0138. The maximum atomic E-state index is 13.0. The molecule has 0 saturated carbocycles. The molecule has 0 aliphatic heterocycles. The first-order valence-electron chi connectivity index (χ1n) is 5.38. The normalized spacial score (nSPS) is 10.1. The molecule has 98 valence electrons. The molecule has 7 heteroatoms. The number of rotatable bonds is 3. The number of hydrogen-bond acceptors (Lipinski definition) is 4. The van der Waals surface area contributed by atoms with E-state index in [9.17, 15) is 9.18 Å². The number of carbonyl (C=O) groups excluding carboxylic acids is 1. The third-order valence-corrected chi connectivity index (χ3v) is 2.61. The Morgan fingerprint density at radius 1 is 1.26 bits per heavy atom. The lowest BCUT2D eigenvalue weighted by Gasteiger charge is -2.06. The molecule has 0 atom stereocenters. The van der Waals surface area contributed by atoms with E-state index in [1.165, 1.54) is 31.3 Å². The zero-order valence-electron chi connectivity index (χ0n) is 9.95. The van der Waals surface area contributed by atoms with Crippen molar-refractivity contribution >= 4 is 29.0 Å². The topological polar surface area (TPSA) is 66.9 Å². The van der Waals surface area contributed by atoms with Crippen LogP contribution in [0.15, 0.2) is 30.3 Å². The molecule has 2 N–H and O–H groups in total. The highest BCUT2D eigenvalue weighted by atomic mass is 35.5. The van der Waals surface area contributed by atoms with Gasteiger partial charge in [0.2, 0.25) is 0 Å². The molecular weight excluding hydrogens is 271 g/mol. The number of nitrogens with zero attached hydrogens (tertiary/aromatic N) is 2. The second-order valence-electron chi connectivity index (χ2n) is 3.64. The molecule has 2 aromatic rings. The van der Waals surface area contributed by atoms with Crippen molar-refractivity contribution < 1.29 is 9.18 Å². The van der Waals surface area contributed by atoms with Gasteiger partial charge in [-0.3, -0.25) is 4.79 Å². The van der Waals surface area contributed by atoms with Crippen molar-refractivity contribution in [2.75, 3.05) is 12.4 Å². The summed E-state index contributed by atoms with van der Waals surface area (Å²) in [6.07, 6.45) is 0. The molecule has 0 bridgehead atoms. The molecule has 1 amide bonds. The zero-order valence-corrected chi connectivity index (χ0v) is 10.7. The van der Waals surface area contributed by atoms with E-state index in [0.717, 1.165) is 0 Å². The molecule has 5 nitrogen and oxygen atoms in total. The Bertz CT molecular complexity index is 603. The Balaban J connectivity index is 2.15. The van der Waals surface area contributed by atoms with Crippen LogP contribution in [0.5, 0.6) is 0 Å². The van der Waals surface area contributed by atoms with Crippen LogP contribution in [0.25, 0.3) is 0 Å². The van der Waals surface area contributed by atoms with E-state index in [1.807, 2.05) is 0 Å². The third kappa shape index (κ3) is 3.17. The van der Waals surface area contributed by atoms with Crippen molar-refractivity contribution in [2.24, 2.45) is 0 Å². The molecule has 0 saturated heterocycles. The highest BCUT2D eigenvalue weighted by Crippen LogP contribution is 2.21. The second kappa shape index (κ2) is 5.62. The van der Waals surface area contributed by atoms with Gasteiger partial charge in [0.25, 0.3) is 5.91 Å². The predicted molar refractivity (Wildman–Crippen MR) is 70.1 cm³/mol. The van der Waals surface area contributed by atoms with Crippen LogP contribution in [0.4, 0.5) is 15.9 Å². The molecule has 0 unspecified atom stereocenters. The fourth-order valence-electron chi connectivity index (χ4n) is 1.37. The largest absolute Gasteiger partial charge is 0.354 e. The molecule has 0 spiro atoms. The average Bonchev–Trinajstić information content (AvgIpc) is 2.43. The summed E-state index contributed by atoms with van der Waals surface area (Å²) in [5, 5.41) is 12.9. The summed E-state index contributed by atoms with van der Waals surface area (Å²) in [4.78, 5) is 11.3. The summed E-state index contributed by atoms with van der Waals surface area (Å²) in [6.45, 7) is 0. The molecule has 0 aliphatic carbocycles. The van der Waals surface area contributed by atoms with E-state index in [0.29, 0.717) is 11.5 Å². The number of halogens is 2.